The van der Waals surface area contributed by atoms with E-state index in [4.69, 9.17) is 27.9 Å². The number of hydrogen-bond acceptors (Lipinski definition) is 3. The number of methoxy groups -OCH3 is 1. The predicted octanol–water partition coefficient (Wildman–Crippen LogP) is 7.24. The zero-order valence-electron chi connectivity index (χ0n) is 17.4. The highest BCUT2D eigenvalue weighted by molar-refractivity contribution is 6.32. The van der Waals surface area contributed by atoms with E-state index in [2.05, 4.69) is 11.4 Å². The third-order valence-electron chi connectivity index (χ3n) is 5.01. The molecule has 0 spiro atoms. The number of rotatable bonds is 5. The molecule has 0 saturated carbocycles. The van der Waals surface area contributed by atoms with E-state index >= 15 is 0 Å². The number of aryl methyl sites for hydroxylation is 1. The summed E-state index contributed by atoms with van der Waals surface area (Å²) >= 11 is 12.3. The second kappa shape index (κ2) is 9.74. The molecule has 0 aromatic heterocycles. The summed E-state index contributed by atoms with van der Waals surface area (Å²) in [4.78, 5) is 12.8. The largest absolute Gasteiger partial charge is 0.496 e. The zero-order chi connectivity index (χ0) is 24.3. The Hall–Kier alpha value is -3.21. The van der Waals surface area contributed by atoms with Crippen LogP contribution < -0.4 is 10.1 Å². The van der Waals surface area contributed by atoms with E-state index in [1.54, 1.807) is 37.3 Å². The second-order valence-corrected chi connectivity index (χ2v) is 8.01. The van der Waals surface area contributed by atoms with Crippen LogP contribution in [0, 0.1) is 18.3 Å². The lowest BCUT2D eigenvalue weighted by molar-refractivity contribution is -0.137. The van der Waals surface area contributed by atoms with Gasteiger partial charge < -0.3 is 10.1 Å². The highest BCUT2D eigenvalue weighted by Gasteiger charge is 2.32. The standard InChI is InChI=1S/C24H17Cl2F3N2O2/c1-13-9-17(19(12-30)14-3-6-16(25)7-4-14)20(26)11-21(13)31-23(32)18-10-15(24(27,28)29)5-8-22(18)33-2/h3-11,19H,1-2H3,(H,31,32). The summed E-state index contributed by atoms with van der Waals surface area (Å²) in [5, 5.41) is 13.0. The molecule has 3 aromatic rings. The lowest BCUT2D eigenvalue weighted by atomic mass is 9.91. The lowest BCUT2D eigenvalue weighted by Gasteiger charge is -2.17. The molecule has 0 saturated heterocycles. The van der Waals surface area contributed by atoms with E-state index < -0.39 is 23.6 Å². The molecule has 9 heteroatoms. The van der Waals surface area contributed by atoms with E-state index in [1.165, 1.54) is 13.2 Å². The van der Waals surface area contributed by atoms with Crippen molar-refractivity contribution < 1.29 is 22.7 Å². The molecule has 0 aliphatic heterocycles. The Morgan fingerprint density at radius 3 is 2.33 bits per heavy atom. The van der Waals surface area contributed by atoms with Crippen molar-refractivity contribution in [1.29, 1.82) is 5.26 Å². The molecule has 1 N–H and O–H groups in total. The van der Waals surface area contributed by atoms with Gasteiger partial charge in [-0.2, -0.15) is 18.4 Å². The maximum atomic E-state index is 13.1. The van der Waals surface area contributed by atoms with E-state index in [0.717, 1.165) is 18.2 Å². The SMILES string of the molecule is COc1ccc(C(F)(F)F)cc1C(=O)Nc1cc(Cl)c(C(C#N)c2ccc(Cl)cc2)cc1C. The average molecular weight is 493 g/mol. The topological polar surface area (TPSA) is 62.1 Å². The third kappa shape index (κ3) is 5.41. The molecule has 33 heavy (non-hydrogen) atoms. The summed E-state index contributed by atoms with van der Waals surface area (Å²) < 4.78 is 44.4. The minimum absolute atomic E-state index is 0.00634. The van der Waals surface area contributed by atoms with Crippen molar-refractivity contribution in [3.8, 4) is 11.8 Å². The smallest absolute Gasteiger partial charge is 0.416 e. The van der Waals surface area contributed by atoms with Crippen molar-refractivity contribution in [3.05, 3.63) is 92.5 Å². The molecule has 0 bridgehead atoms. The first-order valence-electron chi connectivity index (χ1n) is 9.57. The highest BCUT2D eigenvalue weighted by Crippen LogP contribution is 2.36. The molecular weight excluding hydrogens is 476 g/mol. The Balaban J connectivity index is 1.95. The number of alkyl halides is 3. The average Bonchev–Trinajstić information content (AvgIpc) is 2.77. The van der Waals surface area contributed by atoms with Gasteiger partial charge in [-0.15, -0.1) is 0 Å². The van der Waals surface area contributed by atoms with Crippen molar-refractivity contribution in [3.63, 3.8) is 0 Å². The second-order valence-electron chi connectivity index (χ2n) is 7.17. The number of benzene rings is 3. The van der Waals surface area contributed by atoms with Gasteiger partial charge in [-0.1, -0.05) is 41.4 Å². The number of halogens is 5. The molecule has 0 heterocycles. The number of nitrogens with one attached hydrogen (secondary N) is 1. The first kappa shape index (κ1) is 24.4. The molecule has 4 nitrogen and oxygen atoms in total. The van der Waals surface area contributed by atoms with Gasteiger partial charge in [0, 0.05) is 15.7 Å². The molecule has 0 aliphatic rings. The Morgan fingerprint density at radius 1 is 1.09 bits per heavy atom. The summed E-state index contributed by atoms with van der Waals surface area (Å²) in [7, 11) is 1.26. The van der Waals surface area contributed by atoms with E-state index in [9.17, 15) is 23.2 Å². The first-order chi connectivity index (χ1) is 15.5. The lowest BCUT2D eigenvalue weighted by Crippen LogP contribution is -2.16. The van der Waals surface area contributed by atoms with Crippen molar-refractivity contribution in [2.75, 3.05) is 12.4 Å². The molecule has 0 aliphatic carbocycles. The van der Waals surface area contributed by atoms with E-state index in [1.807, 2.05) is 0 Å². The molecular formula is C24H17Cl2F3N2O2. The number of amides is 1. The van der Waals surface area contributed by atoms with Crippen molar-refractivity contribution >= 4 is 34.8 Å². The Kier molecular flexibility index (Phi) is 7.21. The van der Waals surface area contributed by atoms with E-state index in [-0.39, 0.29) is 16.3 Å². The molecule has 3 rings (SSSR count). The van der Waals surface area contributed by atoms with Crippen LogP contribution in [-0.2, 0) is 6.18 Å². The monoisotopic (exact) mass is 492 g/mol. The molecule has 3 aromatic carbocycles. The van der Waals surface area contributed by atoms with Gasteiger partial charge in [0.1, 0.15) is 5.75 Å². The number of anilines is 1. The maximum Gasteiger partial charge on any atom is 0.416 e. The fourth-order valence-corrected chi connectivity index (χ4v) is 3.69. The number of ether oxygens (including phenoxy) is 1. The molecule has 1 amide bonds. The molecule has 0 fully saturated rings. The molecule has 1 unspecified atom stereocenters. The van der Waals surface area contributed by atoms with Crippen LogP contribution in [0.2, 0.25) is 10.0 Å². The minimum atomic E-state index is -4.61. The van der Waals surface area contributed by atoms with Crippen LogP contribution in [0.15, 0.2) is 54.6 Å². The maximum absolute atomic E-state index is 13.1. The van der Waals surface area contributed by atoms with Crippen LogP contribution in [0.1, 0.15) is 38.5 Å². The first-order valence-corrected chi connectivity index (χ1v) is 10.3. The zero-order valence-corrected chi connectivity index (χ0v) is 18.9. The van der Waals surface area contributed by atoms with Gasteiger partial charge >= 0.3 is 6.18 Å². The van der Waals surface area contributed by atoms with Gasteiger partial charge in [-0.05, 0) is 60.0 Å². The number of hydrogen-bond donors (Lipinski definition) is 1. The van der Waals surface area contributed by atoms with Crippen LogP contribution in [-0.4, -0.2) is 13.0 Å². The Bertz CT molecular complexity index is 1240. The quantitative estimate of drug-likeness (QED) is 0.408. The van der Waals surface area contributed by atoms with Crippen molar-refractivity contribution in [1.82, 2.24) is 0 Å². The van der Waals surface area contributed by atoms with Gasteiger partial charge in [0.05, 0.1) is 30.2 Å². The summed E-state index contributed by atoms with van der Waals surface area (Å²) in [6.45, 7) is 1.69. The van der Waals surface area contributed by atoms with Crippen molar-refractivity contribution in [2.24, 2.45) is 0 Å². The third-order valence-corrected chi connectivity index (χ3v) is 5.59. The van der Waals surface area contributed by atoms with Gasteiger partial charge in [0.15, 0.2) is 0 Å². The molecule has 1 atom stereocenters. The van der Waals surface area contributed by atoms with Crippen LogP contribution in [0.3, 0.4) is 0 Å². The number of carbonyl (C=O) groups is 1. The van der Waals surface area contributed by atoms with E-state index in [0.29, 0.717) is 27.4 Å². The van der Waals surface area contributed by atoms with Gasteiger partial charge in [0.2, 0.25) is 0 Å². The fourth-order valence-electron chi connectivity index (χ4n) is 3.29. The van der Waals surface area contributed by atoms with Crippen LogP contribution in [0.25, 0.3) is 0 Å². The Labute approximate surface area is 198 Å². The number of nitrogens with zero attached hydrogens (tertiary/aromatic N) is 1. The Morgan fingerprint density at radius 2 is 1.76 bits per heavy atom. The summed E-state index contributed by atoms with van der Waals surface area (Å²) in [5.41, 5.74) is 0.826. The van der Waals surface area contributed by atoms with Gasteiger partial charge in [-0.3, -0.25) is 4.79 Å². The summed E-state index contributed by atoms with van der Waals surface area (Å²) in [6.07, 6.45) is -4.61. The van der Waals surface area contributed by atoms with Crippen LogP contribution in [0.5, 0.6) is 5.75 Å². The normalized spacial score (nSPS) is 12.1. The fraction of sp³-hybridized carbons (Fsp3) is 0.167. The van der Waals surface area contributed by atoms with Gasteiger partial charge in [-0.25, -0.2) is 0 Å². The minimum Gasteiger partial charge on any atom is -0.496 e. The van der Waals surface area contributed by atoms with Crippen LogP contribution >= 0.6 is 23.2 Å². The number of carbonyl (C=O) groups excluding carboxylic acids is 1. The van der Waals surface area contributed by atoms with Gasteiger partial charge in [0.25, 0.3) is 5.91 Å². The highest BCUT2D eigenvalue weighted by atomic mass is 35.5. The van der Waals surface area contributed by atoms with Crippen molar-refractivity contribution in [2.45, 2.75) is 19.0 Å². The predicted molar refractivity (Wildman–Crippen MR) is 121 cm³/mol. The molecule has 170 valence electrons. The molecule has 0 radical (unpaired) electrons. The summed E-state index contributed by atoms with van der Waals surface area (Å²) in [5.74, 6) is -1.48. The number of nitriles is 1. The van der Waals surface area contributed by atoms with Crippen LogP contribution in [0.4, 0.5) is 18.9 Å². The summed E-state index contributed by atoms with van der Waals surface area (Å²) in [6, 6.07) is 14.8.